The van der Waals surface area contributed by atoms with Crippen molar-refractivity contribution in [3.05, 3.63) is 52.2 Å². The predicted octanol–water partition coefficient (Wildman–Crippen LogP) is 4.88. The lowest BCUT2D eigenvalue weighted by atomic mass is 10.2. The van der Waals surface area contributed by atoms with Crippen molar-refractivity contribution in [1.29, 1.82) is 0 Å². The molecule has 94 valence electrons. The van der Waals surface area contributed by atoms with Crippen LogP contribution >= 0.6 is 23.2 Å². The van der Waals surface area contributed by atoms with Gasteiger partial charge in [-0.05, 0) is 43.2 Å². The van der Waals surface area contributed by atoms with Gasteiger partial charge in [0.05, 0.1) is 5.02 Å². The molecule has 1 aromatic heterocycles. The number of ether oxygens (including phenoxy) is 1. The van der Waals surface area contributed by atoms with Gasteiger partial charge >= 0.3 is 0 Å². The lowest BCUT2D eigenvalue weighted by molar-refractivity contribution is 0.458. The number of alkyl halides is 1. The van der Waals surface area contributed by atoms with Gasteiger partial charge in [-0.3, -0.25) is 0 Å². The van der Waals surface area contributed by atoms with Crippen LogP contribution in [0.15, 0.2) is 30.5 Å². The van der Waals surface area contributed by atoms with Crippen LogP contribution in [0.1, 0.15) is 16.7 Å². The van der Waals surface area contributed by atoms with Crippen LogP contribution in [0.25, 0.3) is 0 Å². The zero-order valence-electron chi connectivity index (χ0n) is 10.2. The molecule has 0 spiro atoms. The minimum Gasteiger partial charge on any atom is -0.437 e. The molecule has 0 N–H and O–H groups in total. The van der Waals surface area contributed by atoms with Crippen LogP contribution in [0.4, 0.5) is 0 Å². The molecule has 18 heavy (non-hydrogen) atoms. The maximum absolute atomic E-state index is 6.12. The summed E-state index contributed by atoms with van der Waals surface area (Å²) in [5.41, 5.74) is 3.00. The molecule has 0 aliphatic carbocycles. The molecule has 1 heterocycles. The van der Waals surface area contributed by atoms with E-state index in [0.29, 0.717) is 22.5 Å². The lowest BCUT2D eigenvalue weighted by Gasteiger charge is -2.10. The normalized spacial score (nSPS) is 10.4. The second kappa shape index (κ2) is 5.59. The van der Waals surface area contributed by atoms with Gasteiger partial charge in [-0.25, -0.2) is 4.98 Å². The van der Waals surface area contributed by atoms with Gasteiger partial charge < -0.3 is 4.74 Å². The van der Waals surface area contributed by atoms with Gasteiger partial charge in [0.1, 0.15) is 5.75 Å². The molecule has 0 atom stereocenters. The van der Waals surface area contributed by atoms with Crippen molar-refractivity contribution in [3.8, 4) is 11.6 Å². The monoisotopic (exact) mass is 281 g/mol. The SMILES string of the molecule is Cc1ccc(Oc2ncc(CCl)cc2C)c(Cl)c1. The van der Waals surface area contributed by atoms with Crippen molar-refractivity contribution in [2.24, 2.45) is 0 Å². The Hall–Kier alpha value is -1.25. The quantitative estimate of drug-likeness (QED) is 0.748. The van der Waals surface area contributed by atoms with E-state index in [1.54, 1.807) is 6.20 Å². The Morgan fingerprint density at radius 3 is 2.61 bits per heavy atom. The summed E-state index contributed by atoms with van der Waals surface area (Å²) >= 11 is 11.9. The van der Waals surface area contributed by atoms with Crippen LogP contribution in [0.3, 0.4) is 0 Å². The predicted molar refractivity (Wildman–Crippen MR) is 74.8 cm³/mol. The molecular weight excluding hydrogens is 269 g/mol. The third-order valence-electron chi connectivity index (χ3n) is 2.54. The van der Waals surface area contributed by atoms with E-state index < -0.39 is 0 Å². The van der Waals surface area contributed by atoms with Crippen molar-refractivity contribution in [2.75, 3.05) is 0 Å². The van der Waals surface area contributed by atoms with Crippen LogP contribution in [0.2, 0.25) is 5.02 Å². The number of halogens is 2. The number of hydrogen-bond acceptors (Lipinski definition) is 2. The minimum absolute atomic E-state index is 0.444. The van der Waals surface area contributed by atoms with Gasteiger partial charge in [-0.2, -0.15) is 0 Å². The van der Waals surface area contributed by atoms with Gasteiger partial charge in [0.2, 0.25) is 5.88 Å². The molecule has 0 aliphatic heterocycles. The van der Waals surface area contributed by atoms with Crippen LogP contribution < -0.4 is 4.74 Å². The molecule has 0 saturated heterocycles. The largest absolute Gasteiger partial charge is 0.437 e. The van der Waals surface area contributed by atoms with Crippen molar-refractivity contribution in [1.82, 2.24) is 4.98 Å². The number of pyridine rings is 1. The van der Waals surface area contributed by atoms with E-state index >= 15 is 0 Å². The Bertz CT molecular complexity index is 570. The Balaban J connectivity index is 2.28. The standard InChI is InChI=1S/C14H13Cl2NO/c1-9-3-4-13(12(16)5-9)18-14-10(2)6-11(7-15)8-17-14/h3-6,8H,7H2,1-2H3. The highest BCUT2D eigenvalue weighted by atomic mass is 35.5. The van der Waals surface area contributed by atoms with Gasteiger partial charge in [-0.15, -0.1) is 11.6 Å². The molecule has 4 heteroatoms. The maximum atomic E-state index is 6.12. The fourth-order valence-corrected chi connectivity index (χ4v) is 2.01. The average Bonchev–Trinajstić information content (AvgIpc) is 2.34. The summed E-state index contributed by atoms with van der Waals surface area (Å²) in [6.07, 6.45) is 1.71. The van der Waals surface area contributed by atoms with E-state index in [1.807, 2.05) is 38.1 Å². The van der Waals surface area contributed by atoms with E-state index in [-0.39, 0.29) is 0 Å². The zero-order chi connectivity index (χ0) is 13.1. The Morgan fingerprint density at radius 1 is 1.22 bits per heavy atom. The van der Waals surface area contributed by atoms with Crippen molar-refractivity contribution < 1.29 is 4.74 Å². The van der Waals surface area contributed by atoms with Crippen molar-refractivity contribution in [3.63, 3.8) is 0 Å². The average molecular weight is 282 g/mol. The molecule has 0 fully saturated rings. The third kappa shape index (κ3) is 2.95. The highest BCUT2D eigenvalue weighted by Gasteiger charge is 2.07. The fourth-order valence-electron chi connectivity index (χ4n) is 1.59. The van der Waals surface area contributed by atoms with E-state index in [1.165, 1.54) is 0 Å². The molecule has 0 saturated carbocycles. The number of rotatable bonds is 3. The highest BCUT2D eigenvalue weighted by Crippen LogP contribution is 2.30. The third-order valence-corrected chi connectivity index (χ3v) is 3.14. The van der Waals surface area contributed by atoms with E-state index in [9.17, 15) is 0 Å². The molecule has 2 rings (SSSR count). The Morgan fingerprint density at radius 2 is 2.00 bits per heavy atom. The molecule has 0 unspecified atom stereocenters. The molecule has 1 aromatic carbocycles. The van der Waals surface area contributed by atoms with Gasteiger partial charge in [0, 0.05) is 17.6 Å². The van der Waals surface area contributed by atoms with Crippen LogP contribution in [0.5, 0.6) is 11.6 Å². The molecule has 0 amide bonds. The number of aromatic nitrogens is 1. The molecule has 2 aromatic rings. The molecular formula is C14H13Cl2NO. The van der Waals surface area contributed by atoms with Crippen LogP contribution in [-0.4, -0.2) is 4.98 Å². The fraction of sp³-hybridized carbons (Fsp3) is 0.214. The summed E-state index contributed by atoms with van der Waals surface area (Å²) in [6, 6.07) is 7.61. The Kier molecular flexibility index (Phi) is 4.10. The number of benzene rings is 1. The van der Waals surface area contributed by atoms with Crippen LogP contribution in [-0.2, 0) is 5.88 Å². The van der Waals surface area contributed by atoms with Crippen molar-refractivity contribution >= 4 is 23.2 Å². The first-order valence-electron chi connectivity index (χ1n) is 5.55. The molecule has 2 nitrogen and oxygen atoms in total. The minimum atomic E-state index is 0.444. The first kappa shape index (κ1) is 13.2. The smallest absolute Gasteiger partial charge is 0.222 e. The molecule has 0 radical (unpaired) electrons. The summed E-state index contributed by atoms with van der Waals surface area (Å²) in [4.78, 5) is 4.24. The first-order valence-corrected chi connectivity index (χ1v) is 6.47. The summed E-state index contributed by atoms with van der Waals surface area (Å²) < 4.78 is 5.71. The number of nitrogens with zero attached hydrogens (tertiary/aromatic N) is 1. The van der Waals surface area contributed by atoms with E-state index in [2.05, 4.69) is 4.98 Å². The summed E-state index contributed by atoms with van der Waals surface area (Å²) in [6.45, 7) is 3.91. The maximum Gasteiger partial charge on any atom is 0.222 e. The highest BCUT2D eigenvalue weighted by molar-refractivity contribution is 6.32. The topological polar surface area (TPSA) is 22.1 Å². The first-order chi connectivity index (χ1) is 8.60. The van der Waals surface area contributed by atoms with E-state index in [4.69, 9.17) is 27.9 Å². The molecule has 0 bridgehead atoms. The Labute approximate surface area is 117 Å². The van der Waals surface area contributed by atoms with Gasteiger partial charge in [-0.1, -0.05) is 17.7 Å². The number of aryl methyl sites for hydroxylation is 2. The van der Waals surface area contributed by atoms with E-state index in [0.717, 1.165) is 16.7 Å². The van der Waals surface area contributed by atoms with Gasteiger partial charge in [0.15, 0.2) is 0 Å². The summed E-state index contributed by atoms with van der Waals surface area (Å²) in [5, 5.41) is 0.581. The zero-order valence-corrected chi connectivity index (χ0v) is 11.7. The second-order valence-electron chi connectivity index (χ2n) is 4.14. The lowest BCUT2D eigenvalue weighted by Crippen LogP contribution is -1.93. The van der Waals surface area contributed by atoms with Crippen molar-refractivity contribution in [2.45, 2.75) is 19.7 Å². The van der Waals surface area contributed by atoms with Crippen LogP contribution in [0, 0.1) is 13.8 Å². The summed E-state index contributed by atoms with van der Waals surface area (Å²) in [5.74, 6) is 1.60. The van der Waals surface area contributed by atoms with Gasteiger partial charge in [0.25, 0.3) is 0 Å². The molecule has 0 aliphatic rings. The number of hydrogen-bond donors (Lipinski definition) is 0. The second-order valence-corrected chi connectivity index (χ2v) is 4.81. The summed E-state index contributed by atoms with van der Waals surface area (Å²) in [7, 11) is 0.